The predicted molar refractivity (Wildman–Crippen MR) is 97.9 cm³/mol. The summed E-state index contributed by atoms with van der Waals surface area (Å²) < 4.78 is 12.3. The van der Waals surface area contributed by atoms with Crippen LogP contribution in [0.4, 0.5) is 0 Å². The van der Waals surface area contributed by atoms with Crippen molar-refractivity contribution in [3.8, 4) is 5.75 Å². The number of aryl methyl sites for hydroxylation is 1. The molecule has 0 radical (unpaired) electrons. The topological polar surface area (TPSA) is 47.5 Å². The Labute approximate surface area is 153 Å². The molecule has 0 aromatic carbocycles. The van der Waals surface area contributed by atoms with Gasteiger partial charge in [0, 0.05) is 42.7 Å². The number of likely N-dealkylation sites (tertiary alicyclic amines) is 1. The summed E-state index contributed by atoms with van der Waals surface area (Å²) in [6, 6.07) is 3.89. The molecule has 0 saturated carbocycles. The minimum Gasteiger partial charge on any atom is -0.491 e. The number of thiazole rings is 1. The van der Waals surface area contributed by atoms with Gasteiger partial charge >= 0.3 is 0 Å². The van der Waals surface area contributed by atoms with E-state index in [0.29, 0.717) is 12.7 Å². The highest BCUT2D eigenvalue weighted by atomic mass is 32.1. The van der Waals surface area contributed by atoms with Gasteiger partial charge < -0.3 is 9.47 Å². The third-order valence-electron chi connectivity index (χ3n) is 5.44. The van der Waals surface area contributed by atoms with E-state index in [1.165, 1.54) is 4.88 Å². The highest BCUT2D eigenvalue weighted by Crippen LogP contribution is 2.41. The first-order valence-corrected chi connectivity index (χ1v) is 9.89. The molecule has 2 atom stereocenters. The summed E-state index contributed by atoms with van der Waals surface area (Å²) in [6.45, 7) is 6.77. The van der Waals surface area contributed by atoms with Crippen LogP contribution in [0.25, 0.3) is 0 Å². The summed E-state index contributed by atoms with van der Waals surface area (Å²) >= 11 is 1.76. The summed E-state index contributed by atoms with van der Waals surface area (Å²) in [5, 5.41) is 0. The zero-order chi connectivity index (χ0) is 17.1. The molecule has 2 saturated heterocycles. The first kappa shape index (κ1) is 16.9. The molecule has 0 unspecified atom stereocenters. The van der Waals surface area contributed by atoms with Gasteiger partial charge in [0.2, 0.25) is 0 Å². The quantitative estimate of drug-likeness (QED) is 0.820. The summed E-state index contributed by atoms with van der Waals surface area (Å²) in [6.07, 6.45) is 7.22. The van der Waals surface area contributed by atoms with Crippen LogP contribution in [-0.2, 0) is 11.3 Å². The van der Waals surface area contributed by atoms with Gasteiger partial charge in [0.1, 0.15) is 5.75 Å². The summed E-state index contributed by atoms with van der Waals surface area (Å²) in [5.41, 5.74) is 3.18. The van der Waals surface area contributed by atoms with E-state index in [1.807, 2.05) is 17.6 Å². The average Bonchev–Trinajstić information content (AvgIpc) is 3.05. The second kappa shape index (κ2) is 7.40. The lowest BCUT2D eigenvalue weighted by Gasteiger charge is -2.50. The molecule has 0 spiro atoms. The number of aromatic nitrogens is 2. The molecule has 4 heterocycles. The van der Waals surface area contributed by atoms with Crippen molar-refractivity contribution in [1.82, 2.24) is 14.9 Å². The summed E-state index contributed by atoms with van der Waals surface area (Å²) in [5.74, 6) is 0.844. The van der Waals surface area contributed by atoms with E-state index in [1.54, 1.807) is 23.7 Å². The Hall–Kier alpha value is -1.50. The van der Waals surface area contributed by atoms with E-state index in [2.05, 4.69) is 21.8 Å². The minimum atomic E-state index is 0.0743. The number of hydrogen-bond acceptors (Lipinski definition) is 6. The predicted octanol–water partition coefficient (Wildman–Crippen LogP) is 3.30. The molecule has 0 N–H and O–H groups in total. The maximum absolute atomic E-state index is 6.15. The molecule has 2 aromatic heterocycles. The average molecular weight is 359 g/mol. The first-order valence-electron chi connectivity index (χ1n) is 9.01. The third kappa shape index (κ3) is 3.71. The van der Waals surface area contributed by atoms with Gasteiger partial charge in [-0.15, -0.1) is 11.3 Å². The van der Waals surface area contributed by atoms with E-state index in [4.69, 9.17) is 9.47 Å². The van der Waals surface area contributed by atoms with E-state index in [9.17, 15) is 0 Å². The molecule has 25 heavy (non-hydrogen) atoms. The van der Waals surface area contributed by atoms with Crippen molar-refractivity contribution in [3.63, 3.8) is 0 Å². The van der Waals surface area contributed by atoms with Gasteiger partial charge in [0.15, 0.2) is 0 Å². The lowest BCUT2D eigenvalue weighted by molar-refractivity contribution is -0.140. The number of piperidine rings is 1. The number of pyridine rings is 1. The van der Waals surface area contributed by atoms with Gasteiger partial charge in [-0.05, 0) is 38.3 Å². The molecule has 2 aliphatic heterocycles. The maximum Gasteiger partial charge on any atom is 0.137 e. The summed E-state index contributed by atoms with van der Waals surface area (Å²) in [7, 11) is 0. The molecule has 0 aliphatic carbocycles. The monoisotopic (exact) mass is 359 g/mol. The number of hydrogen-bond donors (Lipinski definition) is 0. The van der Waals surface area contributed by atoms with E-state index >= 15 is 0 Å². The fourth-order valence-electron chi connectivity index (χ4n) is 4.07. The molecular formula is C19H25N3O2S. The Bertz CT molecular complexity index is 693. The van der Waals surface area contributed by atoms with Crippen molar-refractivity contribution < 1.29 is 9.47 Å². The molecule has 6 heteroatoms. The Morgan fingerprint density at radius 2 is 2.44 bits per heavy atom. The van der Waals surface area contributed by atoms with Crippen LogP contribution in [-0.4, -0.2) is 47.3 Å². The van der Waals surface area contributed by atoms with Crippen molar-refractivity contribution in [1.29, 1.82) is 0 Å². The van der Waals surface area contributed by atoms with E-state index in [-0.39, 0.29) is 5.41 Å². The zero-order valence-corrected chi connectivity index (χ0v) is 15.5. The fourth-order valence-corrected chi connectivity index (χ4v) is 4.89. The van der Waals surface area contributed by atoms with Gasteiger partial charge in [-0.25, -0.2) is 4.98 Å². The molecule has 2 aliphatic rings. The number of rotatable bonds is 5. The number of nitrogens with zero attached hydrogens (tertiary/aromatic N) is 3. The smallest absolute Gasteiger partial charge is 0.137 e. The van der Waals surface area contributed by atoms with Gasteiger partial charge in [0.25, 0.3) is 0 Å². The third-order valence-corrected chi connectivity index (χ3v) is 6.36. The Morgan fingerprint density at radius 3 is 3.24 bits per heavy atom. The van der Waals surface area contributed by atoms with Crippen LogP contribution >= 0.6 is 11.3 Å². The number of fused-ring (bicyclic) bond motifs is 1. The van der Waals surface area contributed by atoms with Gasteiger partial charge in [-0.3, -0.25) is 9.88 Å². The fraction of sp³-hybridized carbons (Fsp3) is 0.579. The van der Waals surface area contributed by atoms with Crippen LogP contribution < -0.4 is 4.74 Å². The van der Waals surface area contributed by atoms with Crippen molar-refractivity contribution in [2.75, 3.05) is 26.3 Å². The Morgan fingerprint density at radius 1 is 1.48 bits per heavy atom. The zero-order valence-electron chi connectivity index (χ0n) is 14.7. The first-order chi connectivity index (χ1) is 12.3. The van der Waals surface area contributed by atoms with Gasteiger partial charge in [0.05, 0.1) is 30.1 Å². The van der Waals surface area contributed by atoms with Gasteiger partial charge in [-0.2, -0.15) is 0 Å². The highest BCUT2D eigenvalue weighted by Gasteiger charge is 2.46. The SMILES string of the molecule is Cc1ncsc1CN1CC[C@H]2OCCC[C@@]2(COc2cccnc2)C1. The largest absolute Gasteiger partial charge is 0.491 e. The molecule has 2 fully saturated rings. The normalized spacial score (nSPS) is 27.0. The van der Waals surface area contributed by atoms with E-state index in [0.717, 1.165) is 56.9 Å². The second-order valence-electron chi connectivity index (χ2n) is 7.16. The summed E-state index contributed by atoms with van der Waals surface area (Å²) in [4.78, 5) is 12.5. The second-order valence-corrected chi connectivity index (χ2v) is 8.10. The van der Waals surface area contributed by atoms with Crippen LogP contribution in [0.5, 0.6) is 5.75 Å². The standard InChI is InChI=1S/C19H25N3O2S/c1-15-17(25-14-21-15)11-22-8-5-18-19(12-22,6-3-9-23-18)13-24-16-4-2-7-20-10-16/h2,4,7,10,14,18H,3,5-6,8-9,11-13H2,1H3/t18-,19+/m1/s1. The lowest BCUT2D eigenvalue weighted by Crippen LogP contribution is -2.57. The van der Waals surface area contributed by atoms with Crippen molar-refractivity contribution >= 4 is 11.3 Å². The Balaban J connectivity index is 1.48. The van der Waals surface area contributed by atoms with Gasteiger partial charge in [-0.1, -0.05) is 0 Å². The molecular weight excluding hydrogens is 334 g/mol. The van der Waals surface area contributed by atoms with Crippen LogP contribution in [0.1, 0.15) is 29.8 Å². The molecule has 5 nitrogen and oxygen atoms in total. The molecule has 0 amide bonds. The molecule has 4 rings (SSSR count). The van der Waals surface area contributed by atoms with Crippen LogP contribution in [0.3, 0.4) is 0 Å². The van der Waals surface area contributed by atoms with Crippen molar-refractivity contribution in [2.45, 2.75) is 38.8 Å². The van der Waals surface area contributed by atoms with Crippen LogP contribution in [0.2, 0.25) is 0 Å². The maximum atomic E-state index is 6.15. The van der Waals surface area contributed by atoms with Crippen molar-refractivity contribution in [3.05, 3.63) is 40.6 Å². The molecule has 134 valence electrons. The van der Waals surface area contributed by atoms with Crippen LogP contribution in [0, 0.1) is 12.3 Å². The van der Waals surface area contributed by atoms with Crippen LogP contribution in [0.15, 0.2) is 30.0 Å². The minimum absolute atomic E-state index is 0.0743. The lowest BCUT2D eigenvalue weighted by atomic mass is 9.73. The molecule has 2 aromatic rings. The number of ether oxygens (including phenoxy) is 2. The van der Waals surface area contributed by atoms with E-state index < -0.39 is 0 Å². The van der Waals surface area contributed by atoms with Crippen molar-refractivity contribution in [2.24, 2.45) is 5.41 Å². The highest BCUT2D eigenvalue weighted by molar-refractivity contribution is 7.09. The molecule has 0 bridgehead atoms. The Kier molecular flexibility index (Phi) is 5.01.